The van der Waals surface area contributed by atoms with Crippen molar-refractivity contribution in [3.63, 3.8) is 0 Å². The number of ketones is 1. The van der Waals surface area contributed by atoms with E-state index >= 15 is 0 Å². The molecule has 0 aliphatic rings. The van der Waals surface area contributed by atoms with Gasteiger partial charge in [-0.05, 0) is 24.4 Å². The van der Waals surface area contributed by atoms with E-state index in [0.717, 1.165) is 19.4 Å². The summed E-state index contributed by atoms with van der Waals surface area (Å²) in [6.45, 7) is 2.91. The predicted molar refractivity (Wildman–Crippen MR) is 81.2 cm³/mol. The summed E-state index contributed by atoms with van der Waals surface area (Å²) in [5, 5.41) is 5.05. The second kappa shape index (κ2) is 9.66. The molecule has 20 heavy (non-hydrogen) atoms. The third kappa shape index (κ3) is 5.84. The molecule has 1 rings (SSSR count). The Balaban J connectivity index is 2.51. The molecule has 0 amide bonds. The fourth-order valence-electron chi connectivity index (χ4n) is 1.93. The lowest BCUT2D eigenvalue weighted by Gasteiger charge is -2.15. The van der Waals surface area contributed by atoms with E-state index in [2.05, 4.69) is 17.0 Å². The Morgan fingerprint density at radius 3 is 2.75 bits per heavy atom. The van der Waals surface area contributed by atoms with Gasteiger partial charge in [-0.3, -0.25) is 9.59 Å². The molecule has 0 aliphatic heterocycles. The lowest BCUT2D eigenvalue weighted by molar-refractivity contribution is -0.140. The van der Waals surface area contributed by atoms with Crippen molar-refractivity contribution in [2.45, 2.75) is 45.1 Å². The number of ether oxygens (including phenoxy) is 1. The Bertz CT molecular complexity index is 403. The summed E-state index contributed by atoms with van der Waals surface area (Å²) >= 11 is 1.40. The van der Waals surface area contributed by atoms with E-state index in [4.69, 9.17) is 0 Å². The summed E-state index contributed by atoms with van der Waals surface area (Å²) in [6.07, 6.45) is 4.62. The quantitative estimate of drug-likeness (QED) is 0.410. The monoisotopic (exact) mass is 297 g/mol. The molecule has 112 valence electrons. The zero-order chi connectivity index (χ0) is 14.8. The summed E-state index contributed by atoms with van der Waals surface area (Å²) in [6, 6.07) is 3.15. The molecule has 0 aromatic carbocycles. The van der Waals surface area contributed by atoms with Gasteiger partial charge in [-0.2, -0.15) is 0 Å². The summed E-state index contributed by atoms with van der Waals surface area (Å²) in [4.78, 5) is 24.4. The topological polar surface area (TPSA) is 55.4 Å². The van der Waals surface area contributed by atoms with Crippen LogP contribution in [0.25, 0.3) is 0 Å². The molecule has 1 aromatic rings. The Morgan fingerprint density at radius 1 is 1.35 bits per heavy atom. The van der Waals surface area contributed by atoms with Crippen molar-refractivity contribution < 1.29 is 14.3 Å². The smallest absolute Gasteiger partial charge is 0.307 e. The average Bonchev–Trinajstić information content (AvgIpc) is 2.99. The van der Waals surface area contributed by atoms with Gasteiger partial charge in [0.05, 0.1) is 24.4 Å². The predicted octanol–water partition coefficient (Wildman–Crippen LogP) is 3.03. The number of nitrogens with one attached hydrogen (secondary N) is 1. The van der Waals surface area contributed by atoms with Crippen molar-refractivity contribution in [1.29, 1.82) is 0 Å². The van der Waals surface area contributed by atoms with Crippen LogP contribution in [0.4, 0.5) is 0 Å². The maximum atomic E-state index is 12.3. The summed E-state index contributed by atoms with van der Waals surface area (Å²) < 4.78 is 4.67. The van der Waals surface area contributed by atoms with E-state index in [-0.39, 0.29) is 18.2 Å². The van der Waals surface area contributed by atoms with Crippen molar-refractivity contribution in [2.24, 2.45) is 0 Å². The normalized spacial score (nSPS) is 12.1. The maximum absolute atomic E-state index is 12.3. The van der Waals surface area contributed by atoms with Crippen molar-refractivity contribution in [3.05, 3.63) is 22.4 Å². The molecule has 1 aromatic heterocycles. The van der Waals surface area contributed by atoms with Crippen LogP contribution >= 0.6 is 11.3 Å². The first-order valence-corrected chi connectivity index (χ1v) is 7.95. The van der Waals surface area contributed by atoms with Crippen molar-refractivity contribution in [2.75, 3.05) is 13.7 Å². The van der Waals surface area contributed by atoms with Gasteiger partial charge in [0, 0.05) is 0 Å². The van der Waals surface area contributed by atoms with Crippen LogP contribution in [-0.4, -0.2) is 31.4 Å². The van der Waals surface area contributed by atoms with Gasteiger partial charge >= 0.3 is 5.97 Å². The molecule has 0 spiro atoms. The van der Waals surface area contributed by atoms with Crippen LogP contribution in [0.3, 0.4) is 0 Å². The zero-order valence-electron chi connectivity index (χ0n) is 12.2. The number of rotatable bonds is 10. The van der Waals surface area contributed by atoms with Gasteiger partial charge in [0.1, 0.15) is 0 Å². The van der Waals surface area contributed by atoms with Gasteiger partial charge in [-0.25, -0.2) is 0 Å². The molecule has 0 saturated heterocycles. The molecule has 4 nitrogen and oxygen atoms in total. The molecule has 1 N–H and O–H groups in total. The molecule has 5 heteroatoms. The van der Waals surface area contributed by atoms with E-state index in [1.807, 2.05) is 11.4 Å². The highest BCUT2D eigenvalue weighted by Crippen LogP contribution is 2.13. The number of methoxy groups -OCH3 is 1. The number of unbranched alkanes of at least 4 members (excludes halogenated alkanes) is 3. The average molecular weight is 297 g/mol. The fraction of sp³-hybridized carbons (Fsp3) is 0.600. The lowest BCUT2D eigenvalue weighted by atomic mass is 10.1. The number of esters is 1. The van der Waals surface area contributed by atoms with Gasteiger partial charge < -0.3 is 10.1 Å². The van der Waals surface area contributed by atoms with E-state index in [1.54, 1.807) is 6.07 Å². The molecule has 0 fully saturated rings. The van der Waals surface area contributed by atoms with Crippen LogP contribution in [0.1, 0.15) is 48.7 Å². The van der Waals surface area contributed by atoms with E-state index < -0.39 is 6.04 Å². The summed E-state index contributed by atoms with van der Waals surface area (Å²) in [7, 11) is 1.34. The number of carbonyl (C=O) groups excluding carboxylic acids is 2. The minimum atomic E-state index is -0.484. The number of hydrogen-bond acceptors (Lipinski definition) is 5. The minimum absolute atomic E-state index is 0.0270. The third-order valence-electron chi connectivity index (χ3n) is 3.10. The van der Waals surface area contributed by atoms with Crippen LogP contribution in [0, 0.1) is 0 Å². The van der Waals surface area contributed by atoms with E-state index in [1.165, 1.54) is 31.3 Å². The molecule has 1 unspecified atom stereocenters. The highest BCUT2D eigenvalue weighted by Gasteiger charge is 2.23. The minimum Gasteiger partial charge on any atom is -0.469 e. The molecule has 0 bridgehead atoms. The fourth-order valence-corrected chi connectivity index (χ4v) is 2.65. The molecule has 0 radical (unpaired) electrons. The first-order chi connectivity index (χ1) is 9.69. The van der Waals surface area contributed by atoms with Crippen LogP contribution in [0.2, 0.25) is 0 Å². The Labute approximate surface area is 124 Å². The second-order valence-corrected chi connectivity index (χ2v) is 5.64. The SMILES string of the molecule is CCCCCCNC(CC(=O)OC)C(=O)c1cccs1. The van der Waals surface area contributed by atoms with Crippen molar-refractivity contribution in [3.8, 4) is 0 Å². The highest BCUT2D eigenvalue weighted by atomic mass is 32.1. The molecular formula is C15H23NO3S. The number of Topliss-reactive ketones (excluding diaryl/α,β-unsaturated/α-hetero) is 1. The molecule has 1 atom stereocenters. The molecule has 0 saturated carbocycles. The number of carbonyl (C=O) groups is 2. The maximum Gasteiger partial charge on any atom is 0.307 e. The highest BCUT2D eigenvalue weighted by molar-refractivity contribution is 7.12. The van der Waals surface area contributed by atoms with Crippen molar-refractivity contribution in [1.82, 2.24) is 5.32 Å². The van der Waals surface area contributed by atoms with Gasteiger partial charge in [-0.15, -0.1) is 11.3 Å². The summed E-state index contributed by atoms with van der Waals surface area (Å²) in [5.74, 6) is -0.387. The van der Waals surface area contributed by atoms with Crippen molar-refractivity contribution >= 4 is 23.1 Å². The second-order valence-electron chi connectivity index (χ2n) is 4.69. The van der Waals surface area contributed by atoms with E-state index in [0.29, 0.717) is 4.88 Å². The molecule has 0 aliphatic carbocycles. The standard InChI is InChI=1S/C15H23NO3S/c1-3-4-5-6-9-16-12(11-14(17)19-2)15(18)13-8-7-10-20-13/h7-8,10,12,16H,3-6,9,11H2,1-2H3. The first-order valence-electron chi connectivity index (χ1n) is 7.07. The number of thiophene rings is 1. The summed E-state index contributed by atoms with van der Waals surface area (Å²) in [5.41, 5.74) is 0. The van der Waals surface area contributed by atoms with Crippen LogP contribution in [0.5, 0.6) is 0 Å². The van der Waals surface area contributed by atoms with Gasteiger partial charge in [0.15, 0.2) is 5.78 Å². The number of hydrogen-bond donors (Lipinski definition) is 1. The van der Waals surface area contributed by atoms with Gasteiger partial charge in [0.25, 0.3) is 0 Å². The van der Waals surface area contributed by atoms with E-state index in [9.17, 15) is 9.59 Å². The van der Waals surface area contributed by atoms with Gasteiger partial charge in [-0.1, -0.05) is 32.3 Å². The first kappa shape index (κ1) is 16.9. The van der Waals surface area contributed by atoms with Crippen LogP contribution in [-0.2, 0) is 9.53 Å². The Morgan fingerprint density at radius 2 is 2.15 bits per heavy atom. The van der Waals surface area contributed by atoms with Crippen LogP contribution in [0.15, 0.2) is 17.5 Å². The van der Waals surface area contributed by atoms with Gasteiger partial charge in [0.2, 0.25) is 0 Å². The van der Waals surface area contributed by atoms with Crippen LogP contribution < -0.4 is 5.32 Å². The zero-order valence-corrected chi connectivity index (χ0v) is 13.0. The molecular weight excluding hydrogens is 274 g/mol. The third-order valence-corrected chi connectivity index (χ3v) is 3.98. The molecule has 1 heterocycles. The lowest BCUT2D eigenvalue weighted by Crippen LogP contribution is -2.39. The largest absolute Gasteiger partial charge is 0.469 e. The Hall–Kier alpha value is -1.20. The Kier molecular flexibility index (Phi) is 8.14.